The van der Waals surface area contributed by atoms with E-state index in [1.807, 2.05) is 26.1 Å². The Bertz CT molecular complexity index is 557. The minimum Gasteiger partial charge on any atom is -0.483 e. The topological polar surface area (TPSA) is 60.2 Å². The van der Waals surface area contributed by atoms with Crippen molar-refractivity contribution < 1.29 is 9.15 Å². The highest BCUT2D eigenvalue weighted by molar-refractivity contribution is 6.30. The first-order chi connectivity index (χ1) is 9.10. The van der Waals surface area contributed by atoms with Crippen LogP contribution in [0.5, 0.6) is 5.75 Å². The third-order valence-corrected chi connectivity index (χ3v) is 3.03. The molecule has 2 aromatic rings. The number of benzene rings is 1. The summed E-state index contributed by atoms with van der Waals surface area (Å²) in [5.41, 5.74) is 0.992. The lowest BCUT2D eigenvalue weighted by atomic mass is 10.1. The maximum atomic E-state index is 6.01. The third kappa shape index (κ3) is 3.45. The van der Waals surface area contributed by atoms with Gasteiger partial charge in [-0.05, 0) is 32.2 Å². The zero-order valence-electron chi connectivity index (χ0n) is 11.1. The van der Waals surface area contributed by atoms with E-state index in [1.165, 1.54) is 0 Å². The largest absolute Gasteiger partial charge is 0.483 e. The van der Waals surface area contributed by atoms with E-state index < -0.39 is 0 Å². The number of aromatic nitrogens is 2. The number of aryl methyl sites for hydroxylation is 1. The van der Waals surface area contributed by atoms with Gasteiger partial charge in [0.25, 0.3) is 5.89 Å². The van der Waals surface area contributed by atoms with Gasteiger partial charge in [-0.15, -0.1) is 10.2 Å². The van der Waals surface area contributed by atoms with Crippen molar-refractivity contribution in [2.75, 3.05) is 7.05 Å². The lowest BCUT2D eigenvalue weighted by Gasteiger charge is -2.16. The molecule has 1 atom stereocenters. The number of hydrogen-bond acceptors (Lipinski definition) is 5. The van der Waals surface area contributed by atoms with Crippen molar-refractivity contribution in [3.05, 3.63) is 40.6 Å². The van der Waals surface area contributed by atoms with Crippen molar-refractivity contribution in [1.29, 1.82) is 0 Å². The molecule has 0 saturated carbocycles. The van der Waals surface area contributed by atoms with Crippen LogP contribution in [0.3, 0.4) is 0 Å². The minimum absolute atomic E-state index is 0.137. The fourth-order valence-corrected chi connectivity index (χ4v) is 1.86. The van der Waals surface area contributed by atoms with E-state index in [-0.39, 0.29) is 12.6 Å². The zero-order chi connectivity index (χ0) is 13.8. The highest BCUT2D eigenvalue weighted by Crippen LogP contribution is 2.28. The van der Waals surface area contributed by atoms with E-state index in [2.05, 4.69) is 15.5 Å². The second-order valence-electron chi connectivity index (χ2n) is 4.20. The molecule has 0 bridgehead atoms. The number of hydrogen-bond donors (Lipinski definition) is 1. The van der Waals surface area contributed by atoms with Crippen LogP contribution in [0.15, 0.2) is 22.6 Å². The molecule has 5 nitrogen and oxygen atoms in total. The van der Waals surface area contributed by atoms with Crippen LogP contribution in [0.1, 0.15) is 30.3 Å². The van der Waals surface area contributed by atoms with Gasteiger partial charge in [-0.3, -0.25) is 0 Å². The molecule has 0 amide bonds. The SMILES string of the molecule is CNC(C)c1cc(Cl)ccc1OCc1nnc(C)o1. The molecule has 1 heterocycles. The zero-order valence-corrected chi connectivity index (χ0v) is 11.9. The van der Waals surface area contributed by atoms with Crippen molar-refractivity contribution in [3.8, 4) is 5.75 Å². The predicted molar refractivity (Wildman–Crippen MR) is 72.3 cm³/mol. The molecule has 0 spiro atoms. The first-order valence-electron chi connectivity index (χ1n) is 5.98. The van der Waals surface area contributed by atoms with Crippen molar-refractivity contribution in [1.82, 2.24) is 15.5 Å². The molecule has 102 valence electrons. The summed E-state index contributed by atoms with van der Waals surface area (Å²) in [7, 11) is 1.89. The van der Waals surface area contributed by atoms with E-state index in [0.717, 1.165) is 11.3 Å². The van der Waals surface area contributed by atoms with Gasteiger partial charge in [0.15, 0.2) is 6.61 Å². The Kier molecular flexibility index (Phi) is 4.39. The Morgan fingerprint density at radius 2 is 2.21 bits per heavy atom. The molecule has 6 heteroatoms. The van der Waals surface area contributed by atoms with E-state index in [1.54, 1.807) is 13.0 Å². The molecule has 0 saturated heterocycles. The monoisotopic (exact) mass is 281 g/mol. The van der Waals surface area contributed by atoms with Crippen LogP contribution in [0.4, 0.5) is 0 Å². The molecule has 0 aliphatic rings. The molecule has 2 rings (SSSR count). The van der Waals surface area contributed by atoms with E-state index in [4.69, 9.17) is 20.8 Å². The molecule has 0 fully saturated rings. The third-order valence-electron chi connectivity index (χ3n) is 2.79. The number of rotatable bonds is 5. The van der Waals surface area contributed by atoms with Crippen molar-refractivity contribution in [2.45, 2.75) is 26.5 Å². The molecule has 0 aliphatic heterocycles. The van der Waals surface area contributed by atoms with Gasteiger partial charge in [-0.2, -0.15) is 0 Å². The van der Waals surface area contributed by atoms with Gasteiger partial charge < -0.3 is 14.5 Å². The summed E-state index contributed by atoms with van der Waals surface area (Å²) in [5.74, 6) is 1.73. The number of nitrogens with one attached hydrogen (secondary N) is 1. The molecule has 0 aliphatic carbocycles. The summed E-state index contributed by atoms with van der Waals surface area (Å²) in [4.78, 5) is 0. The van der Waals surface area contributed by atoms with Gasteiger partial charge in [0.2, 0.25) is 5.89 Å². The Hall–Kier alpha value is -1.59. The summed E-state index contributed by atoms with van der Waals surface area (Å²) < 4.78 is 11.0. The molecule has 1 aromatic carbocycles. The van der Waals surface area contributed by atoms with Gasteiger partial charge >= 0.3 is 0 Å². The van der Waals surface area contributed by atoms with Crippen LogP contribution in [-0.2, 0) is 6.61 Å². The summed E-state index contributed by atoms with van der Waals surface area (Å²) in [6, 6.07) is 5.66. The molecule has 1 aromatic heterocycles. The standard InChI is InChI=1S/C13H16ClN3O2/c1-8(15-3)11-6-10(14)4-5-12(11)18-7-13-17-16-9(2)19-13/h4-6,8,15H,7H2,1-3H3. The summed E-state index contributed by atoms with van der Waals surface area (Å²) in [5, 5.41) is 11.5. The van der Waals surface area contributed by atoms with E-state index in [0.29, 0.717) is 16.8 Å². The Morgan fingerprint density at radius 1 is 1.42 bits per heavy atom. The average Bonchev–Trinajstić information content (AvgIpc) is 2.82. The quantitative estimate of drug-likeness (QED) is 0.913. The smallest absolute Gasteiger partial charge is 0.253 e. The fourth-order valence-electron chi connectivity index (χ4n) is 1.68. The van der Waals surface area contributed by atoms with Crippen molar-refractivity contribution >= 4 is 11.6 Å². The molecule has 1 N–H and O–H groups in total. The minimum atomic E-state index is 0.137. The highest BCUT2D eigenvalue weighted by Gasteiger charge is 2.12. The summed E-state index contributed by atoms with van der Waals surface area (Å²) in [6.45, 7) is 4.02. The normalized spacial score (nSPS) is 12.4. The van der Waals surface area contributed by atoms with Gasteiger partial charge in [0.05, 0.1) is 0 Å². The second kappa shape index (κ2) is 6.04. The fraction of sp³-hybridized carbons (Fsp3) is 0.385. The summed E-state index contributed by atoms with van der Waals surface area (Å²) in [6.07, 6.45) is 0. The highest BCUT2D eigenvalue weighted by atomic mass is 35.5. The van der Waals surface area contributed by atoms with E-state index >= 15 is 0 Å². The first kappa shape index (κ1) is 13.8. The maximum Gasteiger partial charge on any atom is 0.253 e. The van der Waals surface area contributed by atoms with E-state index in [9.17, 15) is 0 Å². The number of nitrogens with zero attached hydrogens (tertiary/aromatic N) is 2. The second-order valence-corrected chi connectivity index (χ2v) is 4.63. The van der Waals surface area contributed by atoms with Crippen LogP contribution >= 0.6 is 11.6 Å². The number of ether oxygens (including phenoxy) is 1. The Morgan fingerprint density at radius 3 is 2.84 bits per heavy atom. The average molecular weight is 282 g/mol. The molecule has 0 radical (unpaired) electrons. The van der Waals surface area contributed by atoms with Crippen molar-refractivity contribution in [2.24, 2.45) is 0 Å². The lowest BCUT2D eigenvalue weighted by molar-refractivity contribution is 0.256. The summed E-state index contributed by atoms with van der Waals surface area (Å²) >= 11 is 6.01. The van der Waals surface area contributed by atoms with Crippen molar-refractivity contribution in [3.63, 3.8) is 0 Å². The van der Waals surface area contributed by atoms with Gasteiger partial charge in [0.1, 0.15) is 5.75 Å². The molecule has 1 unspecified atom stereocenters. The lowest BCUT2D eigenvalue weighted by Crippen LogP contribution is -2.13. The Labute approximate surface area is 116 Å². The Balaban J connectivity index is 2.15. The number of halogens is 1. The predicted octanol–water partition coefficient (Wildman–Crippen LogP) is 2.89. The first-order valence-corrected chi connectivity index (χ1v) is 6.36. The van der Waals surface area contributed by atoms with Gasteiger partial charge in [0, 0.05) is 23.6 Å². The van der Waals surface area contributed by atoms with Gasteiger partial charge in [-0.1, -0.05) is 11.6 Å². The maximum absolute atomic E-state index is 6.01. The van der Waals surface area contributed by atoms with Gasteiger partial charge in [-0.25, -0.2) is 0 Å². The molecular weight excluding hydrogens is 266 g/mol. The van der Waals surface area contributed by atoms with Crippen LogP contribution in [0, 0.1) is 6.92 Å². The molecular formula is C13H16ClN3O2. The van der Waals surface area contributed by atoms with Crippen LogP contribution in [0.25, 0.3) is 0 Å². The van der Waals surface area contributed by atoms with Crippen LogP contribution in [0.2, 0.25) is 5.02 Å². The van der Waals surface area contributed by atoms with Crippen LogP contribution in [-0.4, -0.2) is 17.2 Å². The molecule has 19 heavy (non-hydrogen) atoms. The van der Waals surface area contributed by atoms with Crippen LogP contribution < -0.4 is 10.1 Å².